The number of nitrogens with zero attached hydrogens (tertiary/aromatic N) is 2. The highest BCUT2D eigenvalue weighted by Crippen LogP contribution is 2.29. The molecular weight excluding hydrogens is 358 g/mol. The highest BCUT2D eigenvalue weighted by Gasteiger charge is 2.16. The van der Waals surface area contributed by atoms with E-state index in [9.17, 15) is 4.79 Å². The Bertz CT molecular complexity index is 1160. The van der Waals surface area contributed by atoms with Crippen LogP contribution in [0.15, 0.2) is 72.9 Å². The first-order chi connectivity index (χ1) is 14.3. The number of aryl methyl sites for hydroxylation is 2. The summed E-state index contributed by atoms with van der Waals surface area (Å²) in [5, 5.41) is 5.39. The van der Waals surface area contributed by atoms with Crippen molar-refractivity contribution >= 4 is 22.4 Å². The fourth-order valence-corrected chi connectivity index (χ4v) is 4.17. The van der Waals surface area contributed by atoms with Crippen LogP contribution in [-0.2, 0) is 24.2 Å². The summed E-state index contributed by atoms with van der Waals surface area (Å²) in [5.74, 6) is 1.13. The number of para-hydroxylation sites is 1. The summed E-state index contributed by atoms with van der Waals surface area (Å²) in [7, 11) is 0. The summed E-state index contributed by atoms with van der Waals surface area (Å²) in [4.78, 5) is 17.7. The van der Waals surface area contributed by atoms with Crippen molar-refractivity contribution in [2.45, 2.75) is 32.2 Å². The van der Waals surface area contributed by atoms with Gasteiger partial charge in [-0.2, -0.15) is 0 Å². The maximum absolute atomic E-state index is 12.9. The molecular formula is C25H23N3O. The molecule has 0 aliphatic carbocycles. The molecule has 0 saturated heterocycles. The molecule has 3 aromatic carbocycles. The third-order valence-electron chi connectivity index (χ3n) is 5.62. The summed E-state index contributed by atoms with van der Waals surface area (Å²) >= 11 is 0. The Labute approximate surface area is 170 Å². The van der Waals surface area contributed by atoms with Gasteiger partial charge < -0.3 is 9.88 Å². The Morgan fingerprint density at radius 2 is 1.79 bits per heavy atom. The van der Waals surface area contributed by atoms with Crippen LogP contribution >= 0.6 is 0 Å². The first-order valence-corrected chi connectivity index (χ1v) is 10.2. The lowest BCUT2D eigenvalue weighted by Crippen LogP contribution is -2.15. The van der Waals surface area contributed by atoms with E-state index in [1.165, 1.54) is 12.8 Å². The van der Waals surface area contributed by atoms with E-state index in [2.05, 4.69) is 34.3 Å². The first kappa shape index (κ1) is 17.7. The average Bonchev–Trinajstić information content (AvgIpc) is 3.18. The van der Waals surface area contributed by atoms with Gasteiger partial charge in [-0.3, -0.25) is 4.79 Å². The molecule has 0 spiro atoms. The maximum atomic E-state index is 12.9. The van der Waals surface area contributed by atoms with Gasteiger partial charge in [0, 0.05) is 24.7 Å². The predicted molar refractivity (Wildman–Crippen MR) is 117 cm³/mol. The van der Waals surface area contributed by atoms with E-state index in [1.54, 1.807) is 0 Å². The van der Waals surface area contributed by atoms with Crippen LogP contribution in [0.3, 0.4) is 0 Å². The van der Waals surface area contributed by atoms with Crippen LogP contribution in [0.5, 0.6) is 0 Å². The molecule has 0 fully saturated rings. The van der Waals surface area contributed by atoms with Crippen molar-refractivity contribution in [3.63, 3.8) is 0 Å². The van der Waals surface area contributed by atoms with Crippen LogP contribution in [-0.4, -0.2) is 15.5 Å². The smallest absolute Gasteiger partial charge is 0.228 e. The number of hydrogen-bond acceptors (Lipinski definition) is 2. The van der Waals surface area contributed by atoms with Crippen molar-refractivity contribution in [3.05, 3.63) is 84.3 Å². The molecule has 0 unspecified atom stereocenters. The molecule has 1 aliphatic heterocycles. The number of rotatable bonds is 4. The van der Waals surface area contributed by atoms with Crippen molar-refractivity contribution in [1.29, 1.82) is 0 Å². The van der Waals surface area contributed by atoms with Crippen molar-refractivity contribution in [3.8, 4) is 11.3 Å². The molecule has 4 aromatic rings. The van der Waals surface area contributed by atoms with Gasteiger partial charge in [-0.1, -0.05) is 60.7 Å². The van der Waals surface area contributed by atoms with Crippen molar-refractivity contribution in [2.24, 2.45) is 0 Å². The molecule has 1 aromatic heterocycles. The number of amides is 1. The number of carbonyl (C=O) groups is 1. The van der Waals surface area contributed by atoms with Gasteiger partial charge >= 0.3 is 0 Å². The number of imidazole rings is 1. The average molecular weight is 381 g/mol. The zero-order valence-corrected chi connectivity index (χ0v) is 16.3. The van der Waals surface area contributed by atoms with E-state index >= 15 is 0 Å². The van der Waals surface area contributed by atoms with Gasteiger partial charge in [-0.15, -0.1) is 0 Å². The molecule has 1 aliphatic rings. The molecule has 4 nitrogen and oxygen atoms in total. The molecule has 1 amide bonds. The van der Waals surface area contributed by atoms with E-state index in [0.717, 1.165) is 52.1 Å². The second-order valence-corrected chi connectivity index (χ2v) is 7.60. The summed E-state index contributed by atoms with van der Waals surface area (Å²) < 4.78 is 2.24. The number of carbonyl (C=O) groups excluding carboxylic acids is 1. The standard InChI is InChI=1S/C25H23N3O/c29-25(16-19-10-7-9-18-8-1-2-11-20(18)19)27-22-13-4-3-12-21(22)23-17-28-15-6-5-14-24(28)26-23/h1-4,7-13,17H,5-6,14-16H2,(H,27,29). The molecule has 0 atom stereocenters. The second kappa shape index (κ2) is 7.55. The largest absolute Gasteiger partial charge is 0.334 e. The fraction of sp³-hybridized carbons (Fsp3) is 0.200. The molecule has 2 heterocycles. The fourth-order valence-electron chi connectivity index (χ4n) is 4.17. The molecule has 29 heavy (non-hydrogen) atoms. The van der Waals surface area contributed by atoms with E-state index in [-0.39, 0.29) is 5.91 Å². The highest BCUT2D eigenvalue weighted by atomic mass is 16.1. The lowest BCUT2D eigenvalue weighted by molar-refractivity contribution is -0.115. The molecule has 5 rings (SSSR count). The third kappa shape index (κ3) is 3.54. The highest BCUT2D eigenvalue weighted by molar-refractivity contribution is 5.98. The van der Waals surface area contributed by atoms with E-state index in [4.69, 9.17) is 4.98 Å². The van der Waals surface area contributed by atoms with Gasteiger partial charge in [0.25, 0.3) is 0 Å². The molecule has 0 radical (unpaired) electrons. The van der Waals surface area contributed by atoms with Crippen LogP contribution in [0.1, 0.15) is 24.2 Å². The number of aromatic nitrogens is 2. The van der Waals surface area contributed by atoms with Crippen molar-refractivity contribution in [1.82, 2.24) is 9.55 Å². The summed E-state index contributed by atoms with van der Waals surface area (Å²) in [5.41, 5.74) is 3.76. The first-order valence-electron chi connectivity index (χ1n) is 10.2. The summed E-state index contributed by atoms with van der Waals surface area (Å²) in [6.45, 7) is 1.03. The number of anilines is 1. The zero-order chi connectivity index (χ0) is 19.6. The van der Waals surface area contributed by atoms with Crippen LogP contribution in [0.25, 0.3) is 22.0 Å². The monoisotopic (exact) mass is 381 g/mol. The Kier molecular flexibility index (Phi) is 4.60. The number of benzene rings is 3. The predicted octanol–water partition coefficient (Wildman–Crippen LogP) is 5.22. The Hall–Kier alpha value is -3.40. The Morgan fingerprint density at radius 3 is 2.72 bits per heavy atom. The quantitative estimate of drug-likeness (QED) is 0.527. The van der Waals surface area contributed by atoms with Crippen LogP contribution in [0.4, 0.5) is 5.69 Å². The lowest BCUT2D eigenvalue weighted by atomic mass is 10.0. The topological polar surface area (TPSA) is 46.9 Å². The zero-order valence-electron chi connectivity index (χ0n) is 16.3. The molecule has 144 valence electrons. The SMILES string of the molecule is O=C(Cc1cccc2ccccc12)Nc1ccccc1-c1cn2c(n1)CCCC2. The number of fused-ring (bicyclic) bond motifs is 2. The Morgan fingerprint density at radius 1 is 0.966 bits per heavy atom. The molecule has 0 saturated carbocycles. The van der Waals surface area contributed by atoms with Gasteiger partial charge in [0.15, 0.2) is 0 Å². The van der Waals surface area contributed by atoms with E-state index in [1.807, 2.05) is 48.5 Å². The lowest BCUT2D eigenvalue weighted by Gasteiger charge is -2.11. The van der Waals surface area contributed by atoms with Gasteiger partial charge in [0.2, 0.25) is 5.91 Å². The van der Waals surface area contributed by atoms with Crippen LogP contribution in [0.2, 0.25) is 0 Å². The van der Waals surface area contributed by atoms with Crippen molar-refractivity contribution < 1.29 is 4.79 Å². The van der Waals surface area contributed by atoms with Crippen LogP contribution < -0.4 is 5.32 Å². The molecule has 1 N–H and O–H groups in total. The van der Waals surface area contributed by atoms with E-state index < -0.39 is 0 Å². The number of hydrogen-bond donors (Lipinski definition) is 1. The van der Waals surface area contributed by atoms with Crippen LogP contribution in [0, 0.1) is 0 Å². The maximum Gasteiger partial charge on any atom is 0.228 e. The summed E-state index contributed by atoms with van der Waals surface area (Å²) in [6.07, 6.45) is 5.88. The second-order valence-electron chi connectivity index (χ2n) is 7.60. The van der Waals surface area contributed by atoms with Gasteiger partial charge in [-0.05, 0) is 35.2 Å². The minimum Gasteiger partial charge on any atom is -0.334 e. The molecule has 0 bridgehead atoms. The number of nitrogens with one attached hydrogen (secondary N) is 1. The van der Waals surface area contributed by atoms with E-state index in [0.29, 0.717) is 6.42 Å². The molecule has 4 heteroatoms. The van der Waals surface area contributed by atoms with Crippen molar-refractivity contribution in [2.75, 3.05) is 5.32 Å². The minimum absolute atomic E-state index is 0.0159. The van der Waals surface area contributed by atoms with Gasteiger partial charge in [0.05, 0.1) is 17.8 Å². The Balaban J connectivity index is 1.41. The third-order valence-corrected chi connectivity index (χ3v) is 5.62. The summed E-state index contributed by atoms with van der Waals surface area (Å²) in [6, 6.07) is 22.2. The van der Waals surface area contributed by atoms with Gasteiger partial charge in [0.1, 0.15) is 5.82 Å². The normalized spacial score (nSPS) is 13.2. The van der Waals surface area contributed by atoms with Gasteiger partial charge in [-0.25, -0.2) is 4.98 Å². The minimum atomic E-state index is -0.0159.